The van der Waals surface area contributed by atoms with Gasteiger partial charge in [0.2, 0.25) is 0 Å². The highest BCUT2D eigenvalue weighted by Gasteiger charge is 2.54. The third-order valence-electron chi connectivity index (χ3n) is 4.85. The normalized spacial score (nSPS) is 25.8. The molecule has 1 aromatic rings. The Morgan fingerprint density at radius 3 is 2.15 bits per heavy atom. The van der Waals surface area contributed by atoms with Crippen molar-refractivity contribution in [1.29, 1.82) is 0 Å². The molecule has 0 amide bonds. The zero-order chi connectivity index (χ0) is 14.8. The van der Waals surface area contributed by atoms with Crippen molar-refractivity contribution >= 4 is 24.2 Å². The van der Waals surface area contributed by atoms with Crippen molar-refractivity contribution in [2.24, 2.45) is 5.73 Å². The number of benzene rings is 1. The van der Waals surface area contributed by atoms with E-state index in [0.29, 0.717) is 5.02 Å². The fraction of sp³-hybridized carbons (Fsp3) is 0.600. The predicted octanol–water partition coefficient (Wildman–Crippen LogP) is 2.59. The number of nitrogens with two attached hydrogens (primary N) is 1. The Morgan fingerprint density at radius 1 is 1.10 bits per heavy atom. The molecule has 3 nitrogen and oxygen atoms in total. The predicted molar refractivity (Wildman–Crippen MR) is 82.3 cm³/mol. The van der Waals surface area contributed by atoms with Gasteiger partial charge in [-0.05, 0) is 63.7 Å². The summed E-state index contributed by atoms with van der Waals surface area (Å²) in [5, 5.41) is 0.706. The third-order valence-corrected chi connectivity index (χ3v) is 5.08. The van der Waals surface area contributed by atoms with Crippen LogP contribution in [0.2, 0.25) is 5.02 Å². The molecule has 0 spiro atoms. The summed E-state index contributed by atoms with van der Waals surface area (Å²) < 4.78 is 12.3. The maximum Gasteiger partial charge on any atom is 0.495 e. The van der Waals surface area contributed by atoms with Gasteiger partial charge in [0.05, 0.1) is 11.2 Å². The molecular weight excluding hydrogens is 272 g/mol. The van der Waals surface area contributed by atoms with Gasteiger partial charge in [0.1, 0.15) is 0 Å². The van der Waals surface area contributed by atoms with Gasteiger partial charge in [0.15, 0.2) is 0 Å². The first-order valence-electron chi connectivity index (χ1n) is 7.09. The van der Waals surface area contributed by atoms with Crippen LogP contribution in [-0.2, 0) is 14.8 Å². The minimum absolute atomic E-state index is 0.260. The fourth-order valence-electron chi connectivity index (χ4n) is 2.54. The van der Waals surface area contributed by atoms with E-state index in [1.807, 2.05) is 18.2 Å². The van der Waals surface area contributed by atoms with E-state index in [0.717, 1.165) is 23.9 Å². The molecule has 0 bridgehead atoms. The zero-order valence-corrected chi connectivity index (χ0v) is 13.3. The molecule has 1 aliphatic carbocycles. The van der Waals surface area contributed by atoms with Crippen LogP contribution in [0.4, 0.5) is 0 Å². The van der Waals surface area contributed by atoms with Crippen molar-refractivity contribution in [3.8, 4) is 0 Å². The van der Waals surface area contributed by atoms with Gasteiger partial charge in [0.25, 0.3) is 0 Å². The monoisotopic (exact) mass is 293 g/mol. The second-order valence-corrected chi connectivity index (χ2v) is 7.41. The molecule has 2 fully saturated rings. The summed E-state index contributed by atoms with van der Waals surface area (Å²) in [6, 6.07) is 5.80. The van der Waals surface area contributed by atoms with Gasteiger partial charge < -0.3 is 15.0 Å². The van der Waals surface area contributed by atoms with E-state index in [-0.39, 0.29) is 23.9 Å². The van der Waals surface area contributed by atoms with Crippen LogP contribution in [0.15, 0.2) is 18.2 Å². The largest absolute Gasteiger partial charge is 0.495 e. The van der Waals surface area contributed by atoms with E-state index >= 15 is 0 Å². The van der Waals surface area contributed by atoms with Gasteiger partial charge in [-0.15, -0.1) is 0 Å². The Labute approximate surface area is 125 Å². The summed E-state index contributed by atoms with van der Waals surface area (Å²) in [7, 11) is -0.381. The highest BCUT2D eigenvalue weighted by atomic mass is 35.5. The molecule has 2 aliphatic rings. The highest BCUT2D eigenvalue weighted by Crippen LogP contribution is 2.44. The average Bonchev–Trinajstić information content (AvgIpc) is 3.02. The molecular formula is C15H21BClNO2. The van der Waals surface area contributed by atoms with E-state index in [1.165, 1.54) is 0 Å². The van der Waals surface area contributed by atoms with Crippen molar-refractivity contribution in [2.75, 3.05) is 0 Å². The van der Waals surface area contributed by atoms with Crippen LogP contribution in [0.3, 0.4) is 0 Å². The molecule has 3 rings (SSSR count). The molecule has 5 heteroatoms. The minimum atomic E-state index is -0.381. The van der Waals surface area contributed by atoms with Crippen molar-refractivity contribution in [2.45, 2.75) is 57.3 Å². The second-order valence-electron chi connectivity index (χ2n) is 6.98. The lowest BCUT2D eigenvalue weighted by molar-refractivity contribution is 0.00578. The molecule has 2 N–H and O–H groups in total. The van der Waals surface area contributed by atoms with Gasteiger partial charge >= 0.3 is 7.12 Å². The number of halogens is 1. The molecule has 20 heavy (non-hydrogen) atoms. The van der Waals surface area contributed by atoms with Crippen molar-refractivity contribution in [1.82, 2.24) is 0 Å². The Balaban J connectivity index is 2.00. The Bertz CT molecular complexity index is 539. The summed E-state index contributed by atoms with van der Waals surface area (Å²) >= 11 is 6.13. The van der Waals surface area contributed by atoms with Crippen molar-refractivity contribution < 1.29 is 9.31 Å². The van der Waals surface area contributed by atoms with Gasteiger partial charge in [-0.1, -0.05) is 17.7 Å². The Morgan fingerprint density at radius 2 is 1.65 bits per heavy atom. The van der Waals surface area contributed by atoms with Crippen LogP contribution in [-0.4, -0.2) is 18.3 Å². The third kappa shape index (κ3) is 2.19. The van der Waals surface area contributed by atoms with Crippen LogP contribution in [0, 0.1) is 0 Å². The van der Waals surface area contributed by atoms with Crippen LogP contribution in [0.1, 0.15) is 46.1 Å². The first-order chi connectivity index (χ1) is 9.15. The van der Waals surface area contributed by atoms with Crippen LogP contribution in [0.5, 0.6) is 0 Å². The molecule has 1 saturated heterocycles. The van der Waals surface area contributed by atoms with E-state index < -0.39 is 0 Å². The number of hydrogen-bond acceptors (Lipinski definition) is 3. The Kier molecular flexibility index (Phi) is 3.05. The Hall–Kier alpha value is -0.545. The highest BCUT2D eigenvalue weighted by molar-refractivity contribution is 6.62. The van der Waals surface area contributed by atoms with E-state index in [2.05, 4.69) is 27.7 Å². The summed E-state index contributed by atoms with van der Waals surface area (Å²) in [6.45, 7) is 8.21. The number of rotatable bonds is 2. The molecule has 0 unspecified atom stereocenters. The fourth-order valence-corrected chi connectivity index (χ4v) is 2.71. The van der Waals surface area contributed by atoms with Gasteiger partial charge in [0, 0.05) is 10.6 Å². The average molecular weight is 294 g/mol. The molecule has 1 aliphatic heterocycles. The second kappa shape index (κ2) is 4.23. The molecule has 1 saturated carbocycles. The minimum Gasteiger partial charge on any atom is -0.399 e. The van der Waals surface area contributed by atoms with Crippen LogP contribution < -0.4 is 11.2 Å². The number of hydrogen-bond donors (Lipinski definition) is 1. The lowest BCUT2D eigenvalue weighted by Gasteiger charge is -2.32. The van der Waals surface area contributed by atoms with Crippen LogP contribution >= 0.6 is 11.6 Å². The molecule has 0 aromatic heterocycles. The van der Waals surface area contributed by atoms with Gasteiger partial charge in [-0.3, -0.25) is 0 Å². The molecule has 1 heterocycles. The quantitative estimate of drug-likeness (QED) is 0.853. The van der Waals surface area contributed by atoms with Crippen molar-refractivity contribution in [3.05, 3.63) is 28.8 Å². The lowest BCUT2D eigenvalue weighted by atomic mass is 9.74. The lowest BCUT2D eigenvalue weighted by Crippen LogP contribution is -2.41. The zero-order valence-electron chi connectivity index (χ0n) is 12.5. The molecule has 0 atom stereocenters. The molecule has 0 radical (unpaired) electrons. The van der Waals surface area contributed by atoms with E-state index in [1.54, 1.807) is 0 Å². The summed E-state index contributed by atoms with van der Waals surface area (Å²) in [5.74, 6) is 0. The standard InChI is InChI=1S/C15H21BClNO2/c1-13(2)14(3,4)20-16(19-13)12-6-5-10(17)9-11(12)15(18)7-8-15/h5-6,9H,7-8,18H2,1-4H3. The van der Waals surface area contributed by atoms with Crippen LogP contribution in [0.25, 0.3) is 0 Å². The maximum absolute atomic E-state index is 6.37. The smallest absolute Gasteiger partial charge is 0.399 e. The first kappa shape index (κ1) is 14.4. The molecule has 1 aromatic carbocycles. The van der Waals surface area contributed by atoms with E-state index in [9.17, 15) is 0 Å². The first-order valence-corrected chi connectivity index (χ1v) is 7.47. The summed E-state index contributed by atoms with van der Waals surface area (Å²) in [5.41, 5.74) is 7.48. The maximum atomic E-state index is 6.37. The van der Waals surface area contributed by atoms with Gasteiger partial charge in [-0.2, -0.15) is 0 Å². The van der Waals surface area contributed by atoms with E-state index in [4.69, 9.17) is 26.6 Å². The van der Waals surface area contributed by atoms with Gasteiger partial charge in [-0.25, -0.2) is 0 Å². The topological polar surface area (TPSA) is 44.5 Å². The SMILES string of the molecule is CC1(C)OB(c2ccc(Cl)cc2C2(N)CC2)OC1(C)C. The van der Waals surface area contributed by atoms with Crippen molar-refractivity contribution in [3.63, 3.8) is 0 Å². The summed E-state index contributed by atoms with van der Waals surface area (Å²) in [4.78, 5) is 0. The summed E-state index contributed by atoms with van der Waals surface area (Å²) in [6.07, 6.45) is 1.97. The molecule has 108 valence electrons.